The molecule has 0 spiro atoms. The van der Waals surface area contributed by atoms with Crippen LogP contribution in [0.1, 0.15) is 22.3 Å². The molecule has 82 valence electrons. The zero-order valence-electron chi connectivity index (χ0n) is 9.58. The number of hydrogen-bond donors (Lipinski definition) is 1. The van der Waals surface area contributed by atoms with E-state index >= 15 is 0 Å². The van der Waals surface area contributed by atoms with Gasteiger partial charge in [-0.2, -0.15) is 0 Å². The molecular weight excluding hydrogens is 188 g/mol. The van der Waals surface area contributed by atoms with Crippen LogP contribution >= 0.6 is 0 Å². The van der Waals surface area contributed by atoms with Gasteiger partial charge in [-0.05, 0) is 32.6 Å². The maximum atomic E-state index is 11.7. The van der Waals surface area contributed by atoms with Crippen molar-refractivity contribution in [1.82, 2.24) is 4.90 Å². The lowest BCUT2D eigenvalue weighted by Crippen LogP contribution is -2.16. The monoisotopic (exact) mass is 206 g/mol. The van der Waals surface area contributed by atoms with Crippen molar-refractivity contribution in [2.45, 2.75) is 13.3 Å². The van der Waals surface area contributed by atoms with Gasteiger partial charge >= 0.3 is 0 Å². The molecular formula is C12H18N2O. The Bertz CT molecular complexity index is 359. The molecule has 0 aliphatic carbocycles. The number of rotatable bonds is 4. The fraction of sp³-hybridized carbons (Fsp3) is 0.417. The van der Waals surface area contributed by atoms with Crippen LogP contribution in [0.5, 0.6) is 0 Å². The van der Waals surface area contributed by atoms with E-state index in [1.54, 1.807) is 6.07 Å². The highest BCUT2D eigenvalue weighted by Gasteiger charge is 2.07. The molecule has 0 radical (unpaired) electrons. The topological polar surface area (TPSA) is 46.3 Å². The zero-order valence-corrected chi connectivity index (χ0v) is 9.58. The predicted octanol–water partition coefficient (Wildman–Crippen LogP) is 1.71. The van der Waals surface area contributed by atoms with Crippen molar-refractivity contribution in [2.24, 2.45) is 0 Å². The lowest BCUT2D eigenvalue weighted by atomic mass is 10.0. The number of nitrogens with zero attached hydrogens (tertiary/aromatic N) is 1. The Morgan fingerprint density at radius 1 is 1.40 bits per heavy atom. The van der Waals surface area contributed by atoms with Crippen molar-refractivity contribution < 1.29 is 4.79 Å². The van der Waals surface area contributed by atoms with Crippen LogP contribution in [0.25, 0.3) is 0 Å². The van der Waals surface area contributed by atoms with Crippen LogP contribution in [0.4, 0.5) is 5.69 Å². The van der Waals surface area contributed by atoms with E-state index < -0.39 is 0 Å². The summed E-state index contributed by atoms with van der Waals surface area (Å²) in [4.78, 5) is 13.7. The van der Waals surface area contributed by atoms with Crippen molar-refractivity contribution in [3.05, 3.63) is 29.3 Å². The van der Waals surface area contributed by atoms with Gasteiger partial charge in [-0.25, -0.2) is 0 Å². The highest BCUT2D eigenvalue weighted by atomic mass is 16.1. The molecule has 0 unspecified atom stereocenters. The maximum Gasteiger partial charge on any atom is 0.164 e. The summed E-state index contributed by atoms with van der Waals surface area (Å²) in [5.74, 6) is 0.149. The van der Waals surface area contributed by atoms with Crippen LogP contribution in [0, 0.1) is 6.92 Å². The molecule has 15 heavy (non-hydrogen) atoms. The number of carbonyl (C=O) groups is 1. The summed E-state index contributed by atoms with van der Waals surface area (Å²) in [5.41, 5.74) is 8.16. The van der Waals surface area contributed by atoms with Crippen LogP contribution in [-0.2, 0) is 0 Å². The zero-order chi connectivity index (χ0) is 11.4. The molecule has 0 aromatic heterocycles. The molecule has 0 amide bonds. The summed E-state index contributed by atoms with van der Waals surface area (Å²) in [6.45, 7) is 2.70. The highest BCUT2D eigenvalue weighted by Crippen LogP contribution is 2.14. The molecule has 0 saturated carbocycles. The Morgan fingerprint density at radius 3 is 2.60 bits per heavy atom. The maximum absolute atomic E-state index is 11.7. The van der Waals surface area contributed by atoms with Gasteiger partial charge < -0.3 is 10.6 Å². The van der Waals surface area contributed by atoms with Crippen molar-refractivity contribution in [1.29, 1.82) is 0 Å². The summed E-state index contributed by atoms with van der Waals surface area (Å²) in [5, 5.41) is 0. The molecule has 0 atom stereocenters. The molecule has 0 bridgehead atoms. The largest absolute Gasteiger partial charge is 0.398 e. The fourth-order valence-corrected chi connectivity index (χ4v) is 1.28. The first kappa shape index (κ1) is 11.7. The van der Waals surface area contributed by atoms with E-state index in [4.69, 9.17) is 5.73 Å². The summed E-state index contributed by atoms with van der Waals surface area (Å²) >= 11 is 0. The molecule has 2 N–H and O–H groups in total. The minimum Gasteiger partial charge on any atom is -0.398 e. The number of ketones is 1. The smallest absolute Gasteiger partial charge is 0.164 e. The third-order valence-electron chi connectivity index (χ3n) is 2.39. The van der Waals surface area contributed by atoms with Crippen LogP contribution < -0.4 is 5.73 Å². The number of carbonyl (C=O) groups excluding carboxylic acids is 1. The number of hydrogen-bond acceptors (Lipinski definition) is 3. The number of Topliss-reactive ketones (excluding diaryl/α,β-unsaturated/α-hetero) is 1. The van der Waals surface area contributed by atoms with Crippen molar-refractivity contribution in [2.75, 3.05) is 26.4 Å². The average molecular weight is 206 g/mol. The van der Waals surface area contributed by atoms with E-state index in [9.17, 15) is 4.79 Å². The first-order valence-corrected chi connectivity index (χ1v) is 5.05. The second-order valence-corrected chi connectivity index (χ2v) is 4.05. The van der Waals surface area contributed by atoms with Gasteiger partial charge in [0.2, 0.25) is 0 Å². The summed E-state index contributed by atoms with van der Waals surface area (Å²) in [7, 11) is 3.91. The number of benzene rings is 1. The molecule has 0 saturated heterocycles. The van der Waals surface area contributed by atoms with E-state index in [0.717, 1.165) is 12.1 Å². The van der Waals surface area contributed by atoms with Gasteiger partial charge in [-0.15, -0.1) is 0 Å². The van der Waals surface area contributed by atoms with Crippen LogP contribution in [0.3, 0.4) is 0 Å². The molecule has 0 aliphatic heterocycles. The van der Waals surface area contributed by atoms with Gasteiger partial charge in [0.15, 0.2) is 5.78 Å². The van der Waals surface area contributed by atoms with Gasteiger partial charge in [-0.1, -0.05) is 12.1 Å². The molecule has 1 aromatic rings. The molecule has 3 nitrogen and oxygen atoms in total. The Kier molecular flexibility index (Phi) is 3.86. The van der Waals surface area contributed by atoms with Crippen LogP contribution in [0.2, 0.25) is 0 Å². The third kappa shape index (κ3) is 3.36. The first-order chi connectivity index (χ1) is 7.00. The minimum atomic E-state index is 0.149. The van der Waals surface area contributed by atoms with Gasteiger partial charge in [-0.3, -0.25) is 4.79 Å². The molecule has 1 aromatic carbocycles. The van der Waals surface area contributed by atoms with Crippen molar-refractivity contribution in [3.8, 4) is 0 Å². The minimum absolute atomic E-state index is 0.149. The number of nitrogens with two attached hydrogens (primary N) is 1. The Hall–Kier alpha value is -1.35. The molecule has 1 rings (SSSR count). The number of anilines is 1. The molecule has 0 fully saturated rings. The second kappa shape index (κ2) is 4.94. The lowest BCUT2D eigenvalue weighted by Gasteiger charge is -2.09. The standard InChI is InChI=1S/C12H18N2O/c1-9-4-5-10(8-11(9)13)12(15)6-7-14(2)3/h4-5,8H,6-7,13H2,1-3H3. The van der Waals surface area contributed by atoms with Gasteiger partial charge in [0.25, 0.3) is 0 Å². The highest BCUT2D eigenvalue weighted by molar-refractivity contribution is 5.97. The molecule has 0 heterocycles. The van der Waals surface area contributed by atoms with E-state index in [1.807, 2.05) is 38.1 Å². The van der Waals surface area contributed by atoms with Gasteiger partial charge in [0, 0.05) is 24.2 Å². The Balaban J connectivity index is 2.70. The van der Waals surface area contributed by atoms with Gasteiger partial charge in [0.05, 0.1) is 0 Å². The normalized spacial score (nSPS) is 10.7. The summed E-state index contributed by atoms with van der Waals surface area (Å²) in [6, 6.07) is 5.48. The SMILES string of the molecule is Cc1ccc(C(=O)CCN(C)C)cc1N. The quantitative estimate of drug-likeness (QED) is 0.602. The van der Waals surface area contributed by atoms with Gasteiger partial charge in [0.1, 0.15) is 0 Å². The average Bonchev–Trinajstić information content (AvgIpc) is 2.18. The van der Waals surface area contributed by atoms with E-state index in [0.29, 0.717) is 17.7 Å². The Morgan fingerprint density at radius 2 is 2.07 bits per heavy atom. The summed E-state index contributed by atoms with van der Waals surface area (Å²) < 4.78 is 0. The lowest BCUT2D eigenvalue weighted by molar-refractivity contribution is 0.0972. The Labute approximate surface area is 90.9 Å². The van der Waals surface area contributed by atoms with Crippen molar-refractivity contribution >= 4 is 11.5 Å². The number of aryl methyl sites for hydroxylation is 1. The van der Waals surface area contributed by atoms with E-state index in [-0.39, 0.29) is 5.78 Å². The van der Waals surface area contributed by atoms with E-state index in [2.05, 4.69) is 0 Å². The van der Waals surface area contributed by atoms with E-state index in [1.165, 1.54) is 0 Å². The second-order valence-electron chi connectivity index (χ2n) is 4.05. The summed E-state index contributed by atoms with van der Waals surface area (Å²) in [6.07, 6.45) is 0.537. The van der Waals surface area contributed by atoms with Crippen LogP contribution in [0.15, 0.2) is 18.2 Å². The first-order valence-electron chi connectivity index (χ1n) is 5.05. The van der Waals surface area contributed by atoms with Crippen molar-refractivity contribution in [3.63, 3.8) is 0 Å². The molecule has 0 aliphatic rings. The fourth-order valence-electron chi connectivity index (χ4n) is 1.28. The molecule has 3 heteroatoms. The van der Waals surface area contributed by atoms with Crippen LogP contribution in [-0.4, -0.2) is 31.3 Å². The third-order valence-corrected chi connectivity index (χ3v) is 2.39. The predicted molar refractivity (Wildman–Crippen MR) is 63.1 cm³/mol. The number of nitrogen functional groups attached to an aromatic ring is 1.